The van der Waals surface area contributed by atoms with Gasteiger partial charge in [-0.15, -0.1) is 21.5 Å². The zero-order valence-electron chi connectivity index (χ0n) is 7.06. The minimum atomic E-state index is 0.764. The maximum atomic E-state index is 4.14. The van der Waals surface area contributed by atoms with E-state index >= 15 is 0 Å². The van der Waals surface area contributed by atoms with Crippen LogP contribution in [0.2, 0.25) is 0 Å². The maximum absolute atomic E-state index is 4.14. The van der Waals surface area contributed by atoms with Crippen LogP contribution in [0.4, 0.5) is 5.82 Å². The van der Waals surface area contributed by atoms with E-state index in [9.17, 15) is 0 Å². The topological polar surface area (TPSA) is 50.7 Å². The molecule has 1 N–H and O–H groups in total. The van der Waals surface area contributed by atoms with Crippen LogP contribution < -0.4 is 5.32 Å². The van der Waals surface area contributed by atoms with Crippen LogP contribution in [0.15, 0.2) is 23.7 Å². The molecule has 0 aliphatic rings. The number of nitrogens with zero attached hydrogens (tertiary/aromatic N) is 3. The standard InChI is InChI=1S/C8H8N4S/c1-9-7-3-2-6(11-12-7)8-10-4-5-13-8/h2-5H,1H3,(H,9,12). The van der Waals surface area contributed by atoms with Gasteiger partial charge in [-0.1, -0.05) is 0 Å². The molecular weight excluding hydrogens is 184 g/mol. The highest BCUT2D eigenvalue weighted by Crippen LogP contribution is 2.18. The smallest absolute Gasteiger partial charge is 0.148 e. The Morgan fingerprint density at radius 3 is 2.77 bits per heavy atom. The average Bonchev–Trinajstić information content (AvgIpc) is 2.71. The van der Waals surface area contributed by atoms with Gasteiger partial charge >= 0.3 is 0 Å². The zero-order valence-corrected chi connectivity index (χ0v) is 7.88. The summed E-state index contributed by atoms with van der Waals surface area (Å²) in [6.45, 7) is 0. The van der Waals surface area contributed by atoms with Gasteiger partial charge in [0.15, 0.2) is 0 Å². The van der Waals surface area contributed by atoms with Gasteiger partial charge in [0.2, 0.25) is 0 Å². The van der Waals surface area contributed by atoms with Crippen LogP contribution >= 0.6 is 11.3 Å². The van der Waals surface area contributed by atoms with Crippen LogP contribution in [0.25, 0.3) is 10.7 Å². The van der Waals surface area contributed by atoms with Gasteiger partial charge in [-0.2, -0.15) is 0 Å². The summed E-state index contributed by atoms with van der Waals surface area (Å²) in [6.07, 6.45) is 1.76. The molecule has 0 radical (unpaired) electrons. The van der Waals surface area contributed by atoms with Gasteiger partial charge < -0.3 is 5.32 Å². The molecule has 0 spiro atoms. The van der Waals surface area contributed by atoms with Gasteiger partial charge in [0.05, 0.1) is 0 Å². The third-order valence-corrected chi connectivity index (χ3v) is 2.37. The lowest BCUT2D eigenvalue weighted by Crippen LogP contribution is -1.94. The Labute approximate surface area is 79.7 Å². The molecule has 0 unspecified atom stereocenters. The van der Waals surface area contributed by atoms with E-state index in [4.69, 9.17) is 0 Å². The van der Waals surface area contributed by atoms with E-state index in [0.29, 0.717) is 0 Å². The van der Waals surface area contributed by atoms with Crippen LogP contribution in [-0.4, -0.2) is 22.2 Å². The van der Waals surface area contributed by atoms with Crippen molar-refractivity contribution < 1.29 is 0 Å². The first-order chi connectivity index (χ1) is 6.40. The minimum Gasteiger partial charge on any atom is -0.372 e. The monoisotopic (exact) mass is 192 g/mol. The Bertz CT molecular complexity index is 368. The predicted octanol–water partition coefficient (Wildman–Crippen LogP) is 1.64. The predicted molar refractivity (Wildman–Crippen MR) is 52.7 cm³/mol. The van der Waals surface area contributed by atoms with Crippen LogP contribution in [-0.2, 0) is 0 Å². The van der Waals surface area contributed by atoms with E-state index in [1.807, 2.05) is 24.6 Å². The molecule has 4 nitrogen and oxygen atoms in total. The molecule has 2 aromatic heterocycles. The summed E-state index contributed by atoms with van der Waals surface area (Å²) < 4.78 is 0. The Morgan fingerprint density at radius 2 is 2.23 bits per heavy atom. The number of aromatic nitrogens is 3. The molecule has 2 aromatic rings. The first kappa shape index (κ1) is 8.12. The first-order valence-electron chi connectivity index (χ1n) is 3.81. The number of hydrogen-bond acceptors (Lipinski definition) is 5. The number of nitrogens with one attached hydrogen (secondary N) is 1. The number of hydrogen-bond donors (Lipinski definition) is 1. The molecular formula is C8H8N4S. The fourth-order valence-electron chi connectivity index (χ4n) is 0.930. The molecule has 0 aliphatic heterocycles. The second-order valence-corrected chi connectivity index (χ2v) is 3.29. The second kappa shape index (κ2) is 3.49. The molecule has 0 atom stereocenters. The van der Waals surface area contributed by atoms with Crippen molar-refractivity contribution in [2.45, 2.75) is 0 Å². The fourth-order valence-corrected chi connectivity index (χ4v) is 1.53. The van der Waals surface area contributed by atoms with Gasteiger partial charge in [0.25, 0.3) is 0 Å². The minimum absolute atomic E-state index is 0.764. The molecule has 66 valence electrons. The van der Waals surface area contributed by atoms with Crippen molar-refractivity contribution in [2.75, 3.05) is 12.4 Å². The van der Waals surface area contributed by atoms with Gasteiger partial charge in [-0.05, 0) is 12.1 Å². The Kier molecular flexibility index (Phi) is 2.18. The summed E-state index contributed by atoms with van der Waals surface area (Å²) in [6, 6.07) is 3.78. The van der Waals surface area contributed by atoms with Crippen LogP contribution in [0.1, 0.15) is 0 Å². The summed E-state index contributed by atoms with van der Waals surface area (Å²) >= 11 is 1.56. The molecule has 2 rings (SSSR count). The van der Waals surface area contributed by atoms with Crippen molar-refractivity contribution in [1.82, 2.24) is 15.2 Å². The molecule has 0 fully saturated rings. The normalized spacial score (nSPS) is 9.92. The maximum Gasteiger partial charge on any atom is 0.148 e. The zero-order chi connectivity index (χ0) is 9.10. The fraction of sp³-hybridized carbons (Fsp3) is 0.125. The van der Waals surface area contributed by atoms with E-state index < -0.39 is 0 Å². The van der Waals surface area contributed by atoms with Crippen molar-refractivity contribution in [3.05, 3.63) is 23.7 Å². The number of rotatable bonds is 2. The van der Waals surface area contributed by atoms with Crippen molar-refractivity contribution in [1.29, 1.82) is 0 Å². The van der Waals surface area contributed by atoms with Crippen LogP contribution in [0.3, 0.4) is 0 Å². The lowest BCUT2D eigenvalue weighted by molar-refractivity contribution is 1.03. The SMILES string of the molecule is CNc1ccc(-c2nccs2)nn1. The molecule has 0 amide bonds. The molecule has 0 aliphatic carbocycles. The summed E-state index contributed by atoms with van der Waals surface area (Å²) in [5.74, 6) is 0.764. The van der Waals surface area contributed by atoms with Crippen molar-refractivity contribution in [2.24, 2.45) is 0 Å². The van der Waals surface area contributed by atoms with Gasteiger partial charge in [-0.3, -0.25) is 0 Å². The number of thiazole rings is 1. The average molecular weight is 192 g/mol. The summed E-state index contributed by atoms with van der Waals surface area (Å²) in [5, 5.41) is 13.7. The van der Waals surface area contributed by atoms with Gasteiger partial charge in [0.1, 0.15) is 16.5 Å². The third kappa shape index (κ3) is 1.65. The van der Waals surface area contributed by atoms with Gasteiger partial charge in [0, 0.05) is 18.6 Å². The summed E-state index contributed by atoms with van der Waals surface area (Å²) in [4.78, 5) is 4.14. The molecule has 0 saturated carbocycles. The van der Waals surface area contributed by atoms with E-state index in [-0.39, 0.29) is 0 Å². The summed E-state index contributed by atoms with van der Waals surface area (Å²) in [7, 11) is 1.81. The van der Waals surface area contributed by atoms with Crippen LogP contribution in [0.5, 0.6) is 0 Å². The van der Waals surface area contributed by atoms with Crippen molar-refractivity contribution in [3.63, 3.8) is 0 Å². The quantitative estimate of drug-likeness (QED) is 0.786. The van der Waals surface area contributed by atoms with Crippen molar-refractivity contribution >= 4 is 17.2 Å². The Morgan fingerprint density at radius 1 is 1.31 bits per heavy atom. The largest absolute Gasteiger partial charge is 0.372 e. The van der Waals surface area contributed by atoms with E-state index in [1.54, 1.807) is 17.5 Å². The van der Waals surface area contributed by atoms with E-state index in [2.05, 4.69) is 20.5 Å². The lowest BCUT2D eigenvalue weighted by atomic mass is 10.4. The highest BCUT2D eigenvalue weighted by Gasteiger charge is 2.01. The lowest BCUT2D eigenvalue weighted by Gasteiger charge is -1.97. The Balaban J connectivity index is 2.33. The first-order valence-corrected chi connectivity index (χ1v) is 4.69. The molecule has 0 bridgehead atoms. The van der Waals surface area contributed by atoms with Crippen molar-refractivity contribution in [3.8, 4) is 10.7 Å². The molecule has 13 heavy (non-hydrogen) atoms. The molecule has 0 aromatic carbocycles. The van der Waals surface area contributed by atoms with Gasteiger partial charge in [-0.25, -0.2) is 4.98 Å². The number of anilines is 1. The molecule has 0 saturated heterocycles. The van der Waals surface area contributed by atoms with E-state index in [0.717, 1.165) is 16.5 Å². The highest BCUT2D eigenvalue weighted by molar-refractivity contribution is 7.13. The Hall–Kier alpha value is -1.49. The summed E-state index contributed by atoms with van der Waals surface area (Å²) in [5.41, 5.74) is 0.814. The highest BCUT2D eigenvalue weighted by atomic mass is 32.1. The van der Waals surface area contributed by atoms with Crippen LogP contribution in [0, 0.1) is 0 Å². The van der Waals surface area contributed by atoms with E-state index in [1.165, 1.54) is 0 Å². The second-order valence-electron chi connectivity index (χ2n) is 2.39. The molecule has 5 heteroatoms. The molecule has 2 heterocycles. The third-order valence-electron chi connectivity index (χ3n) is 1.57.